The quantitative estimate of drug-likeness (QED) is 0.238. The van der Waals surface area contributed by atoms with E-state index in [-0.39, 0.29) is 29.3 Å². The van der Waals surface area contributed by atoms with Crippen molar-refractivity contribution in [2.75, 3.05) is 11.9 Å². The number of nitrogens with zero attached hydrogens (tertiary/aromatic N) is 1. The number of alkyl halides is 3. The summed E-state index contributed by atoms with van der Waals surface area (Å²) in [5.74, 6) is 0.500. The molecule has 0 fully saturated rings. The van der Waals surface area contributed by atoms with Crippen LogP contribution in [0.5, 0.6) is 11.5 Å². The highest BCUT2D eigenvalue weighted by Gasteiger charge is 2.32. The third-order valence-electron chi connectivity index (χ3n) is 5.79. The van der Waals surface area contributed by atoms with Crippen LogP contribution in [0.15, 0.2) is 95.9 Å². The maximum Gasteiger partial charge on any atom is 0.416 e. The fourth-order valence-corrected chi connectivity index (χ4v) is 5.28. The number of ether oxygens (including phenoxy) is 1. The zero-order chi connectivity index (χ0) is 27.3. The normalized spacial score (nSPS) is 11.9. The number of anilines is 2. The van der Waals surface area contributed by atoms with E-state index in [1.807, 2.05) is 31.2 Å². The molecule has 0 aliphatic heterocycles. The zero-order valence-corrected chi connectivity index (χ0v) is 21.6. The van der Waals surface area contributed by atoms with Crippen molar-refractivity contribution in [2.45, 2.75) is 31.5 Å². The first-order chi connectivity index (χ1) is 18.1. The molecule has 0 aliphatic rings. The van der Waals surface area contributed by atoms with E-state index in [4.69, 9.17) is 4.74 Å². The first-order valence-corrected chi connectivity index (χ1v) is 13.3. The molecule has 4 aromatic rings. The average Bonchev–Trinajstić information content (AvgIpc) is 2.88. The molecule has 0 spiro atoms. The van der Waals surface area contributed by atoms with Crippen LogP contribution in [0, 0.1) is 13.0 Å². The summed E-state index contributed by atoms with van der Waals surface area (Å²) in [5, 5.41) is 3.22. The van der Waals surface area contributed by atoms with Crippen LogP contribution >= 0.6 is 0 Å². The fraction of sp³-hybridized carbons (Fsp3) is 0.172. The summed E-state index contributed by atoms with van der Waals surface area (Å²) in [5.41, 5.74) is 1.84. The lowest BCUT2D eigenvalue weighted by molar-refractivity contribution is -0.137. The lowest BCUT2D eigenvalue weighted by Crippen LogP contribution is -2.30. The number of hydrogen-bond acceptors (Lipinski definition) is 4. The van der Waals surface area contributed by atoms with Gasteiger partial charge in [0.15, 0.2) is 0 Å². The minimum Gasteiger partial charge on any atom is -0.457 e. The molecule has 38 heavy (non-hydrogen) atoms. The van der Waals surface area contributed by atoms with Gasteiger partial charge in [-0.1, -0.05) is 31.2 Å². The summed E-state index contributed by atoms with van der Waals surface area (Å²) in [7, 11) is -4.02. The third-order valence-corrected chi connectivity index (χ3v) is 7.73. The van der Waals surface area contributed by atoms with Gasteiger partial charge in [-0.25, -0.2) is 8.42 Å². The van der Waals surface area contributed by atoms with Gasteiger partial charge in [0, 0.05) is 30.0 Å². The lowest BCUT2D eigenvalue weighted by atomic mass is 10.1. The summed E-state index contributed by atoms with van der Waals surface area (Å²) in [4.78, 5) is 0.0289. The van der Waals surface area contributed by atoms with Crippen molar-refractivity contribution in [1.82, 2.24) is 4.31 Å². The van der Waals surface area contributed by atoms with Gasteiger partial charge in [0.05, 0.1) is 10.5 Å². The molecule has 0 atom stereocenters. The second kappa shape index (κ2) is 11.3. The van der Waals surface area contributed by atoms with Crippen molar-refractivity contribution < 1.29 is 26.3 Å². The van der Waals surface area contributed by atoms with E-state index >= 15 is 0 Å². The Labute approximate surface area is 220 Å². The predicted octanol–water partition coefficient (Wildman–Crippen LogP) is 7.56. The Bertz CT molecular complexity index is 1490. The Kier molecular flexibility index (Phi) is 8.08. The van der Waals surface area contributed by atoms with E-state index in [0.717, 1.165) is 27.7 Å². The molecule has 1 radical (unpaired) electrons. The average molecular weight is 540 g/mol. The van der Waals surface area contributed by atoms with Gasteiger partial charge in [-0.3, -0.25) is 0 Å². The van der Waals surface area contributed by atoms with Gasteiger partial charge in [-0.2, -0.15) is 17.5 Å². The van der Waals surface area contributed by atoms with Crippen LogP contribution in [0.3, 0.4) is 0 Å². The topological polar surface area (TPSA) is 58.6 Å². The molecule has 0 aliphatic carbocycles. The van der Waals surface area contributed by atoms with Crippen molar-refractivity contribution in [3.8, 4) is 11.5 Å². The molecule has 0 unspecified atom stereocenters. The van der Waals surface area contributed by atoms with Crippen LogP contribution < -0.4 is 10.1 Å². The maximum absolute atomic E-state index is 13.5. The summed E-state index contributed by atoms with van der Waals surface area (Å²) in [6, 6.07) is 26.4. The number of aryl methyl sites for hydroxylation is 1. The van der Waals surface area contributed by atoms with Crippen LogP contribution in [0.1, 0.15) is 23.6 Å². The van der Waals surface area contributed by atoms with Crippen LogP contribution in [0.25, 0.3) is 0 Å². The van der Waals surface area contributed by atoms with Crippen LogP contribution in [0.4, 0.5) is 24.5 Å². The lowest BCUT2D eigenvalue weighted by Gasteiger charge is -2.23. The summed E-state index contributed by atoms with van der Waals surface area (Å²) >= 11 is 0. The van der Waals surface area contributed by atoms with Crippen LogP contribution in [-0.2, 0) is 22.7 Å². The van der Waals surface area contributed by atoms with Gasteiger partial charge in [0.2, 0.25) is 10.0 Å². The molecule has 0 heterocycles. The molecule has 5 nitrogen and oxygen atoms in total. The highest BCUT2D eigenvalue weighted by molar-refractivity contribution is 7.89. The molecule has 197 valence electrons. The molecule has 0 bridgehead atoms. The molecule has 9 heteroatoms. The SMILES string of the molecule is CCN(Cc1cc(C(F)(F)F)ccc1Oc1c[c]ccc1)S(=O)(=O)c1ccc(Nc2cccc(C)c2)cc1. The Morgan fingerprint density at radius 3 is 2.34 bits per heavy atom. The predicted molar refractivity (Wildman–Crippen MR) is 141 cm³/mol. The van der Waals surface area contributed by atoms with Crippen molar-refractivity contribution >= 4 is 21.4 Å². The van der Waals surface area contributed by atoms with Crippen LogP contribution in [-0.4, -0.2) is 19.3 Å². The highest BCUT2D eigenvalue weighted by Crippen LogP contribution is 2.35. The number of sulfonamides is 1. The maximum atomic E-state index is 13.5. The van der Waals surface area contributed by atoms with E-state index < -0.39 is 21.8 Å². The van der Waals surface area contributed by atoms with Gasteiger partial charge in [-0.05, 0) is 85.3 Å². The summed E-state index contributed by atoms with van der Waals surface area (Å²) in [6.07, 6.45) is -4.59. The van der Waals surface area contributed by atoms with E-state index in [1.54, 1.807) is 43.3 Å². The molecule has 1 N–H and O–H groups in total. The Hall–Kier alpha value is -3.82. The number of rotatable bonds is 9. The largest absolute Gasteiger partial charge is 0.457 e. The van der Waals surface area contributed by atoms with E-state index in [0.29, 0.717) is 11.4 Å². The van der Waals surface area contributed by atoms with E-state index in [1.165, 1.54) is 18.2 Å². The van der Waals surface area contributed by atoms with Gasteiger partial charge >= 0.3 is 6.18 Å². The molecule has 0 saturated carbocycles. The highest BCUT2D eigenvalue weighted by atomic mass is 32.2. The smallest absolute Gasteiger partial charge is 0.416 e. The number of benzene rings is 4. The molecule has 4 rings (SSSR count). The van der Waals surface area contributed by atoms with E-state index in [9.17, 15) is 21.6 Å². The Morgan fingerprint density at radius 2 is 1.71 bits per heavy atom. The fourth-order valence-electron chi connectivity index (χ4n) is 3.85. The molecular weight excluding hydrogens is 513 g/mol. The monoisotopic (exact) mass is 539 g/mol. The molecule has 0 saturated heterocycles. The minimum atomic E-state index is -4.59. The van der Waals surface area contributed by atoms with E-state index in [2.05, 4.69) is 11.4 Å². The van der Waals surface area contributed by atoms with Gasteiger partial charge in [0.25, 0.3) is 0 Å². The second-order valence-electron chi connectivity index (χ2n) is 8.61. The Morgan fingerprint density at radius 1 is 0.947 bits per heavy atom. The zero-order valence-electron chi connectivity index (χ0n) is 20.8. The van der Waals surface area contributed by atoms with Crippen molar-refractivity contribution in [1.29, 1.82) is 0 Å². The summed E-state index contributed by atoms with van der Waals surface area (Å²) < 4.78 is 74.3. The van der Waals surface area contributed by atoms with Crippen molar-refractivity contribution in [3.05, 3.63) is 114 Å². The molecule has 4 aromatic carbocycles. The number of halogens is 3. The molecule has 0 aromatic heterocycles. The van der Waals surface area contributed by atoms with Gasteiger partial charge in [-0.15, -0.1) is 0 Å². The van der Waals surface area contributed by atoms with Gasteiger partial charge < -0.3 is 10.1 Å². The summed E-state index contributed by atoms with van der Waals surface area (Å²) in [6.45, 7) is 3.34. The van der Waals surface area contributed by atoms with Gasteiger partial charge in [0.1, 0.15) is 11.5 Å². The molecular formula is C29H26F3N2O3S. The molecule has 0 amide bonds. The standard InChI is InChI=1S/C29H26F3N2O3S/c1-3-34(38(35,36)27-15-13-24(14-16-27)33-25-9-7-8-21(2)18-25)20-22-19-23(29(30,31)32)12-17-28(22)37-26-10-5-4-6-11-26/h4-5,7-19,33H,3,20H2,1-2H3. The number of nitrogens with one attached hydrogen (secondary N) is 1. The number of hydrogen-bond donors (Lipinski definition) is 1. The second-order valence-corrected chi connectivity index (χ2v) is 10.5. The first-order valence-electron chi connectivity index (χ1n) is 11.8. The van der Waals surface area contributed by atoms with Crippen molar-refractivity contribution in [3.63, 3.8) is 0 Å². The third kappa shape index (κ3) is 6.54. The first kappa shape index (κ1) is 27.2. The Balaban J connectivity index is 1.61. The van der Waals surface area contributed by atoms with Crippen molar-refractivity contribution in [2.24, 2.45) is 0 Å². The minimum absolute atomic E-state index is 0.0289. The van der Waals surface area contributed by atoms with Crippen LogP contribution in [0.2, 0.25) is 0 Å².